The zero-order chi connectivity index (χ0) is 14.3. The first-order chi connectivity index (χ1) is 9.53. The Hall–Kier alpha value is -2.41. The molecule has 2 aromatic rings. The van der Waals surface area contributed by atoms with Crippen molar-refractivity contribution in [3.8, 4) is 0 Å². The van der Waals surface area contributed by atoms with Crippen LogP contribution in [0.25, 0.3) is 0 Å². The van der Waals surface area contributed by atoms with E-state index < -0.39 is 26.7 Å². The number of carbonyl (C=O) groups excluding carboxylic acids is 2. The average molecular weight is 288 g/mol. The van der Waals surface area contributed by atoms with Crippen molar-refractivity contribution in [2.24, 2.45) is 0 Å². The van der Waals surface area contributed by atoms with Crippen molar-refractivity contribution in [1.29, 1.82) is 0 Å². The Balaban J connectivity index is 2.14. The maximum Gasteiger partial charge on any atom is 0.226 e. The Kier molecular flexibility index (Phi) is 2.72. The van der Waals surface area contributed by atoms with Gasteiger partial charge in [-0.3, -0.25) is 9.59 Å². The monoisotopic (exact) mass is 288 g/mol. The molecule has 1 aromatic heterocycles. The maximum atomic E-state index is 12.3. The van der Waals surface area contributed by atoms with Crippen LogP contribution in [0.5, 0.6) is 0 Å². The highest BCUT2D eigenvalue weighted by Crippen LogP contribution is 2.32. The molecule has 1 aromatic carbocycles. The molecule has 6 nitrogen and oxygen atoms in total. The molecule has 1 aliphatic heterocycles. The first-order valence-electron chi connectivity index (χ1n) is 5.72. The van der Waals surface area contributed by atoms with Crippen molar-refractivity contribution < 1.29 is 18.0 Å². The van der Waals surface area contributed by atoms with Crippen LogP contribution >= 0.6 is 0 Å². The van der Waals surface area contributed by atoms with E-state index in [1.54, 1.807) is 6.07 Å². The Morgan fingerprint density at radius 1 is 1.05 bits per heavy atom. The number of aromatic nitrogens is 2. The Morgan fingerprint density at radius 2 is 1.70 bits per heavy atom. The molecule has 1 atom stereocenters. The van der Waals surface area contributed by atoms with Crippen LogP contribution in [0.15, 0.2) is 47.6 Å². The fourth-order valence-corrected chi connectivity index (χ4v) is 3.92. The summed E-state index contributed by atoms with van der Waals surface area (Å²) in [7, 11) is -4.02. The summed E-state index contributed by atoms with van der Waals surface area (Å²) in [4.78, 5) is 31.7. The summed E-state index contributed by atoms with van der Waals surface area (Å²) >= 11 is 0. The summed E-state index contributed by atoms with van der Waals surface area (Å²) in [6, 6.07) is 7.28. The molecule has 0 radical (unpaired) electrons. The normalized spacial score (nSPS) is 19.6. The van der Waals surface area contributed by atoms with E-state index in [9.17, 15) is 18.0 Å². The second kappa shape index (κ2) is 4.31. The second-order valence-corrected chi connectivity index (χ2v) is 6.22. The molecule has 0 spiro atoms. The third-order valence-corrected chi connectivity index (χ3v) is 5.05. The number of carbonyl (C=O) groups is 2. The van der Waals surface area contributed by atoms with Gasteiger partial charge in [0.25, 0.3) is 0 Å². The van der Waals surface area contributed by atoms with Crippen molar-refractivity contribution in [1.82, 2.24) is 9.97 Å². The lowest BCUT2D eigenvalue weighted by Crippen LogP contribution is -2.33. The van der Waals surface area contributed by atoms with Gasteiger partial charge in [0.1, 0.15) is 0 Å². The lowest BCUT2D eigenvalue weighted by atomic mass is 10.1. The van der Waals surface area contributed by atoms with E-state index >= 15 is 0 Å². The topological polar surface area (TPSA) is 94.1 Å². The summed E-state index contributed by atoms with van der Waals surface area (Å²) < 4.78 is 24.6. The quantitative estimate of drug-likeness (QED) is 0.596. The van der Waals surface area contributed by atoms with Crippen molar-refractivity contribution in [2.45, 2.75) is 10.1 Å². The summed E-state index contributed by atoms with van der Waals surface area (Å²) in [6.45, 7) is 0. The van der Waals surface area contributed by atoms with Crippen LogP contribution in [0.1, 0.15) is 21.0 Å². The van der Waals surface area contributed by atoms with Crippen molar-refractivity contribution in [3.63, 3.8) is 0 Å². The lowest BCUT2D eigenvalue weighted by Gasteiger charge is -2.05. The van der Waals surface area contributed by atoms with Gasteiger partial charge in [0, 0.05) is 18.0 Å². The van der Waals surface area contributed by atoms with Crippen LogP contribution in [-0.2, 0) is 9.84 Å². The number of hydrogen-bond acceptors (Lipinski definition) is 6. The fraction of sp³-hybridized carbons (Fsp3) is 0.0769. The molecule has 0 saturated carbocycles. The van der Waals surface area contributed by atoms with Crippen LogP contribution in [0.3, 0.4) is 0 Å². The third-order valence-electron chi connectivity index (χ3n) is 3.03. The highest BCUT2D eigenvalue weighted by molar-refractivity contribution is 7.94. The minimum atomic E-state index is -4.02. The molecule has 0 saturated heterocycles. The average Bonchev–Trinajstić information content (AvgIpc) is 2.67. The minimum Gasteiger partial charge on any atom is -0.292 e. The molecule has 0 amide bonds. The standard InChI is InChI=1S/C13H8N2O4S/c16-10-8-4-1-2-5-9(8)20(18,19)12(10)11(17)13-14-6-3-7-15-13/h1-7,12H. The van der Waals surface area contributed by atoms with Gasteiger partial charge in [0.2, 0.25) is 5.78 Å². The third kappa shape index (κ3) is 1.67. The first kappa shape index (κ1) is 12.6. The molecule has 1 unspecified atom stereocenters. The Bertz CT molecular complexity index is 815. The summed E-state index contributed by atoms with van der Waals surface area (Å²) in [5.41, 5.74) is 0.0433. The minimum absolute atomic E-state index is 0.0433. The van der Waals surface area contributed by atoms with Gasteiger partial charge >= 0.3 is 0 Å². The van der Waals surface area contributed by atoms with Crippen molar-refractivity contribution in [3.05, 3.63) is 54.1 Å². The number of sulfone groups is 1. The van der Waals surface area contributed by atoms with E-state index in [4.69, 9.17) is 0 Å². The number of benzene rings is 1. The van der Waals surface area contributed by atoms with Gasteiger partial charge in [-0.25, -0.2) is 18.4 Å². The Labute approximate surface area is 114 Å². The molecule has 1 aliphatic rings. The highest BCUT2D eigenvalue weighted by Gasteiger charge is 2.49. The van der Waals surface area contributed by atoms with Gasteiger partial charge in [0.15, 0.2) is 26.7 Å². The van der Waals surface area contributed by atoms with Crippen LogP contribution in [0.2, 0.25) is 0 Å². The lowest BCUT2D eigenvalue weighted by molar-refractivity contribution is 0.0897. The van der Waals surface area contributed by atoms with E-state index in [0.717, 1.165) is 0 Å². The smallest absolute Gasteiger partial charge is 0.226 e. The zero-order valence-corrected chi connectivity index (χ0v) is 10.9. The van der Waals surface area contributed by atoms with Gasteiger partial charge in [-0.05, 0) is 12.1 Å². The molecular weight excluding hydrogens is 280 g/mol. The SMILES string of the molecule is O=C(c1ncccn1)C1C(=O)c2ccccc2S1(=O)=O. The van der Waals surface area contributed by atoms with E-state index in [2.05, 4.69) is 9.97 Å². The van der Waals surface area contributed by atoms with Crippen LogP contribution in [0.4, 0.5) is 0 Å². The van der Waals surface area contributed by atoms with Crippen molar-refractivity contribution >= 4 is 21.4 Å². The molecule has 100 valence electrons. The number of ketones is 2. The van der Waals surface area contributed by atoms with Crippen LogP contribution in [0, 0.1) is 0 Å². The van der Waals surface area contributed by atoms with E-state index in [0.29, 0.717) is 0 Å². The number of Topliss-reactive ketones (excluding diaryl/α,β-unsaturated/α-hetero) is 2. The molecule has 0 aliphatic carbocycles. The van der Waals surface area contributed by atoms with Crippen LogP contribution < -0.4 is 0 Å². The largest absolute Gasteiger partial charge is 0.292 e. The molecule has 2 heterocycles. The molecule has 0 fully saturated rings. The summed E-state index contributed by atoms with van der Waals surface area (Å²) in [5, 5.41) is -1.78. The van der Waals surface area contributed by atoms with E-state index in [1.165, 1.54) is 36.7 Å². The number of nitrogens with zero attached hydrogens (tertiary/aromatic N) is 2. The summed E-state index contributed by atoms with van der Waals surface area (Å²) in [6.07, 6.45) is 2.64. The van der Waals surface area contributed by atoms with Gasteiger partial charge in [-0.1, -0.05) is 18.2 Å². The fourth-order valence-electron chi connectivity index (χ4n) is 2.13. The molecule has 0 bridgehead atoms. The predicted molar refractivity (Wildman–Crippen MR) is 68.1 cm³/mol. The van der Waals surface area contributed by atoms with Gasteiger partial charge in [-0.2, -0.15) is 0 Å². The molecular formula is C13H8N2O4S. The number of hydrogen-bond donors (Lipinski definition) is 0. The number of rotatable bonds is 2. The number of fused-ring (bicyclic) bond motifs is 1. The first-order valence-corrected chi connectivity index (χ1v) is 7.26. The predicted octanol–water partition coefficient (Wildman–Crippen LogP) is 0.698. The van der Waals surface area contributed by atoms with Gasteiger partial charge in [-0.15, -0.1) is 0 Å². The van der Waals surface area contributed by atoms with E-state index in [-0.39, 0.29) is 16.3 Å². The molecule has 7 heteroatoms. The molecule has 20 heavy (non-hydrogen) atoms. The highest BCUT2D eigenvalue weighted by atomic mass is 32.2. The maximum absolute atomic E-state index is 12.3. The van der Waals surface area contributed by atoms with Gasteiger partial charge < -0.3 is 0 Å². The van der Waals surface area contributed by atoms with Crippen LogP contribution in [-0.4, -0.2) is 35.2 Å². The second-order valence-electron chi connectivity index (χ2n) is 4.22. The zero-order valence-electron chi connectivity index (χ0n) is 10.1. The van der Waals surface area contributed by atoms with Gasteiger partial charge in [0.05, 0.1) is 4.90 Å². The van der Waals surface area contributed by atoms with E-state index in [1.807, 2.05) is 0 Å². The molecule has 0 N–H and O–H groups in total. The van der Waals surface area contributed by atoms with Crippen molar-refractivity contribution in [2.75, 3.05) is 0 Å². The Morgan fingerprint density at radius 3 is 2.35 bits per heavy atom. The molecule has 3 rings (SSSR count). The summed E-state index contributed by atoms with van der Waals surface area (Å²) in [5.74, 6) is -1.90.